The molecule has 0 bridgehead atoms. The molecule has 0 aliphatic carbocycles. The summed E-state index contributed by atoms with van der Waals surface area (Å²) in [6, 6.07) is 5.99. The van der Waals surface area contributed by atoms with Crippen molar-refractivity contribution in [2.24, 2.45) is 5.73 Å². The summed E-state index contributed by atoms with van der Waals surface area (Å²) >= 11 is 1.34. The van der Waals surface area contributed by atoms with Gasteiger partial charge in [0, 0.05) is 4.88 Å². The van der Waals surface area contributed by atoms with Crippen molar-refractivity contribution in [1.29, 1.82) is 0 Å². The largest absolute Gasteiger partial charge is 0.481 e. The molecule has 0 aliphatic rings. The number of thiophene rings is 1. The van der Waals surface area contributed by atoms with E-state index in [9.17, 15) is 9.59 Å². The zero-order valence-electron chi connectivity index (χ0n) is 16.1. The Morgan fingerprint density at radius 1 is 1.15 bits per heavy atom. The van der Waals surface area contributed by atoms with Gasteiger partial charge in [0.1, 0.15) is 10.8 Å². The Morgan fingerprint density at radius 2 is 1.81 bits per heavy atom. The van der Waals surface area contributed by atoms with Gasteiger partial charge in [-0.15, -0.1) is 11.3 Å². The fraction of sp³-hybridized carbons (Fsp3) is 0.400. The molecule has 3 N–H and O–H groups in total. The maximum atomic E-state index is 12.6. The normalized spacial score (nSPS) is 12.1. The summed E-state index contributed by atoms with van der Waals surface area (Å²) in [6.45, 7) is 11.6. The lowest BCUT2D eigenvalue weighted by Crippen LogP contribution is -2.31. The number of nitrogens with one attached hydrogen (secondary N) is 1. The van der Waals surface area contributed by atoms with Crippen LogP contribution in [-0.4, -0.2) is 17.9 Å². The maximum absolute atomic E-state index is 12.6. The third kappa shape index (κ3) is 4.25. The fourth-order valence-corrected chi connectivity index (χ4v) is 3.76. The van der Waals surface area contributed by atoms with E-state index in [2.05, 4.69) is 19.2 Å². The molecule has 2 aromatic rings. The molecule has 5 nitrogen and oxygen atoms in total. The number of rotatable bonds is 6. The second-order valence-electron chi connectivity index (χ2n) is 6.80. The highest BCUT2D eigenvalue weighted by Gasteiger charge is 2.23. The first-order chi connectivity index (χ1) is 12.1. The molecular formula is C20H26N2O3S. The topological polar surface area (TPSA) is 81.4 Å². The Hall–Kier alpha value is -2.34. The predicted molar refractivity (Wildman–Crippen MR) is 106 cm³/mol. The van der Waals surface area contributed by atoms with Crippen LogP contribution in [0.2, 0.25) is 0 Å². The Labute approximate surface area is 158 Å². The lowest BCUT2D eigenvalue weighted by molar-refractivity contribution is -0.122. The molecule has 0 aliphatic heterocycles. The van der Waals surface area contributed by atoms with Crippen molar-refractivity contribution >= 4 is 28.2 Å². The number of ether oxygens (including phenoxy) is 1. The van der Waals surface area contributed by atoms with E-state index >= 15 is 0 Å². The van der Waals surface area contributed by atoms with Crippen molar-refractivity contribution < 1.29 is 14.3 Å². The van der Waals surface area contributed by atoms with Gasteiger partial charge in [0.2, 0.25) is 0 Å². The molecule has 0 radical (unpaired) electrons. The molecular weight excluding hydrogens is 348 g/mol. The van der Waals surface area contributed by atoms with E-state index in [1.54, 1.807) is 6.92 Å². The molecule has 2 amide bonds. The van der Waals surface area contributed by atoms with Gasteiger partial charge in [0.25, 0.3) is 11.8 Å². The van der Waals surface area contributed by atoms with Crippen molar-refractivity contribution in [1.82, 2.24) is 0 Å². The van der Waals surface area contributed by atoms with Gasteiger partial charge in [-0.25, -0.2) is 0 Å². The Bertz CT molecular complexity index is 840. The number of nitrogens with two attached hydrogens (primary N) is 1. The Balaban J connectivity index is 2.21. The average Bonchev–Trinajstić information content (AvgIpc) is 2.81. The van der Waals surface area contributed by atoms with E-state index in [1.807, 2.05) is 39.0 Å². The SMILES string of the molecule is Cc1ccc(C(C)C)c(O[C@H](C)C(=O)Nc2sc(C)c(C)c2C(N)=O)c1. The molecule has 1 aromatic carbocycles. The molecule has 0 fully saturated rings. The van der Waals surface area contributed by atoms with Gasteiger partial charge in [-0.2, -0.15) is 0 Å². The predicted octanol–water partition coefficient (Wildman–Crippen LogP) is 4.30. The van der Waals surface area contributed by atoms with E-state index in [1.165, 1.54) is 11.3 Å². The van der Waals surface area contributed by atoms with Crippen LogP contribution in [0, 0.1) is 20.8 Å². The van der Waals surface area contributed by atoms with Crippen LogP contribution in [0.1, 0.15) is 58.6 Å². The first kappa shape index (κ1) is 20.0. The molecule has 6 heteroatoms. The number of carbonyl (C=O) groups excluding carboxylic acids is 2. The van der Waals surface area contributed by atoms with Crippen LogP contribution in [0.15, 0.2) is 18.2 Å². The quantitative estimate of drug-likeness (QED) is 0.791. The fourth-order valence-electron chi connectivity index (χ4n) is 2.69. The molecule has 1 heterocycles. The van der Waals surface area contributed by atoms with E-state index in [4.69, 9.17) is 10.5 Å². The number of hydrogen-bond acceptors (Lipinski definition) is 4. The molecule has 0 spiro atoms. The van der Waals surface area contributed by atoms with Gasteiger partial charge in [0.05, 0.1) is 5.56 Å². The van der Waals surface area contributed by atoms with Crippen LogP contribution in [0.5, 0.6) is 5.75 Å². The van der Waals surface area contributed by atoms with Crippen LogP contribution in [-0.2, 0) is 4.79 Å². The van der Waals surface area contributed by atoms with Crippen LogP contribution >= 0.6 is 11.3 Å². The van der Waals surface area contributed by atoms with Gasteiger partial charge >= 0.3 is 0 Å². The van der Waals surface area contributed by atoms with E-state index in [0.717, 1.165) is 21.6 Å². The summed E-state index contributed by atoms with van der Waals surface area (Å²) in [4.78, 5) is 25.2. The Kier molecular flexibility index (Phi) is 6.08. The minimum atomic E-state index is -0.710. The van der Waals surface area contributed by atoms with Crippen molar-refractivity contribution in [3.8, 4) is 5.75 Å². The second kappa shape index (κ2) is 7.91. The second-order valence-corrected chi connectivity index (χ2v) is 8.02. The van der Waals surface area contributed by atoms with E-state index in [-0.39, 0.29) is 11.8 Å². The van der Waals surface area contributed by atoms with Crippen LogP contribution < -0.4 is 15.8 Å². The Morgan fingerprint density at radius 3 is 2.38 bits per heavy atom. The lowest BCUT2D eigenvalue weighted by atomic mass is 10.0. The lowest BCUT2D eigenvalue weighted by Gasteiger charge is -2.19. The molecule has 26 heavy (non-hydrogen) atoms. The van der Waals surface area contributed by atoms with Crippen molar-refractivity contribution in [2.45, 2.75) is 53.6 Å². The number of hydrogen-bond donors (Lipinski definition) is 2. The van der Waals surface area contributed by atoms with Gasteiger partial charge in [-0.05, 0) is 56.4 Å². The number of carbonyl (C=O) groups is 2. The molecule has 0 saturated heterocycles. The number of aryl methyl sites for hydroxylation is 2. The summed E-state index contributed by atoms with van der Waals surface area (Å²) in [5, 5.41) is 3.26. The number of amides is 2. The van der Waals surface area contributed by atoms with E-state index in [0.29, 0.717) is 16.3 Å². The van der Waals surface area contributed by atoms with Crippen molar-refractivity contribution in [2.75, 3.05) is 5.32 Å². The zero-order valence-corrected chi connectivity index (χ0v) is 16.9. The van der Waals surface area contributed by atoms with Gasteiger partial charge in [-0.3, -0.25) is 9.59 Å². The maximum Gasteiger partial charge on any atom is 0.265 e. The molecule has 1 aromatic heterocycles. The first-order valence-corrected chi connectivity index (χ1v) is 9.41. The molecule has 0 saturated carbocycles. The number of benzene rings is 1. The third-order valence-corrected chi connectivity index (χ3v) is 5.46. The standard InChI is InChI=1S/C20H26N2O3S/c1-10(2)15-8-7-11(3)9-16(15)25-13(5)19(24)22-20-17(18(21)23)12(4)14(6)26-20/h7-10,13H,1-6H3,(H2,21,23)(H,22,24)/t13-/m1/s1. The summed E-state index contributed by atoms with van der Waals surface area (Å²) in [5.74, 6) is 0.127. The molecule has 1 atom stereocenters. The van der Waals surface area contributed by atoms with Crippen LogP contribution in [0.4, 0.5) is 5.00 Å². The third-order valence-electron chi connectivity index (χ3n) is 4.33. The number of primary amides is 1. The number of anilines is 1. The molecule has 0 unspecified atom stereocenters. The highest BCUT2D eigenvalue weighted by Crippen LogP contribution is 2.33. The first-order valence-electron chi connectivity index (χ1n) is 8.59. The summed E-state index contributed by atoms with van der Waals surface area (Å²) < 4.78 is 5.94. The van der Waals surface area contributed by atoms with Gasteiger partial charge in [-0.1, -0.05) is 26.0 Å². The molecule has 140 valence electrons. The van der Waals surface area contributed by atoms with E-state index < -0.39 is 12.0 Å². The molecule has 2 rings (SSSR count). The zero-order chi connectivity index (χ0) is 19.6. The van der Waals surface area contributed by atoms with Gasteiger partial charge in [0.15, 0.2) is 6.10 Å². The van der Waals surface area contributed by atoms with Crippen LogP contribution in [0.25, 0.3) is 0 Å². The van der Waals surface area contributed by atoms with Crippen molar-refractivity contribution in [3.05, 3.63) is 45.3 Å². The minimum absolute atomic E-state index is 0.282. The summed E-state index contributed by atoms with van der Waals surface area (Å²) in [7, 11) is 0. The van der Waals surface area contributed by atoms with Crippen LogP contribution in [0.3, 0.4) is 0 Å². The minimum Gasteiger partial charge on any atom is -0.481 e. The highest BCUT2D eigenvalue weighted by atomic mass is 32.1. The monoisotopic (exact) mass is 374 g/mol. The van der Waals surface area contributed by atoms with Gasteiger partial charge < -0.3 is 15.8 Å². The highest BCUT2D eigenvalue weighted by molar-refractivity contribution is 7.16. The van der Waals surface area contributed by atoms with Crippen molar-refractivity contribution in [3.63, 3.8) is 0 Å². The average molecular weight is 375 g/mol. The smallest absolute Gasteiger partial charge is 0.265 e. The summed E-state index contributed by atoms with van der Waals surface area (Å²) in [6.07, 6.45) is -0.710. The summed E-state index contributed by atoms with van der Waals surface area (Å²) in [5.41, 5.74) is 8.74.